The van der Waals surface area contributed by atoms with E-state index in [2.05, 4.69) is 43.1 Å². The van der Waals surface area contributed by atoms with Gasteiger partial charge in [-0.25, -0.2) is 13.9 Å². The Morgan fingerprint density at radius 3 is 2.77 bits per heavy atom. The van der Waals surface area contributed by atoms with Crippen LogP contribution in [0, 0.1) is 19.7 Å². The first kappa shape index (κ1) is 16.8. The molecule has 0 bridgehead atoms. The molecule has 0 aliphatic heterocycles. The quantitative estimate of drug-likeness (QED) is 0.452. The molecule has 0 aliphatic rings. The van der Waals surface area contributed by atoms with Crippen molar-refractivity contribution < 1.29 is 4.39 Å². The zero-order valence-electron chi connectivity index (χ0n) is 14.6. The van der Waals surface area contributed by atoms with Crippen molar-refractivity contribution in [3.8, 4) is 11.3 Å². The normalized spacial score (nSPS) is 11.2. The fourth-order valence-electron chi connectivity index (χ4n) is 3.02. The summed E-state index contributed by atoms with van der Waals surface area (Å²) in [5.74, 6) is 0.449. The summed E-state index contributed by atoms with van der Waals surface area (Å²) >= 11 is 1.59. The minimum Gasteiger partial charge on any atom is -0.246 e. The first-order chi connectivity index (χ1) is 12.6. The average molecular weight is 363 g/mol. The van der Waals surface area contributed by atoms with Crippen molar-refractivity contribution in [3.05, 3.63) is 83.4 Å². The second kappa shape index (κ2) is 6.92. The van der Waals surface area contributed by atoms with Crippen LogP contribution in [0.4, 0.5) is 4.39 Å². The van der Waals surface area contributed by atoms with Crippen LogP contribution in [0.2, 0.25) is 0 Å². The van der Waals surface area contributed by atoms with E-state index in [9.17, 15) is 4.39 Å². The van der Waals surface area contributed by atoms with Gasteiger partial charge in [0.15, 0.2) is 0 Å². The Morgan fingerprint density at radius 1 is 1.08 bits per heavy atom. The standard InChI is InChI=1S/C21H18FN3S/c1-14-6-7-18(15(2)10-14)19-12-20-21(23-8-9-25(20)24-19)26-13-16-4-3-5-17(22)11-16/h3-12H,13H2,1-2H3. The van der Waals surface area contributed by atoms with Gasteiger partial charge in [-0.2, -0.15) is 5.10 Å². The molecule has 0 saturated carbocycles. The zero-order valence-corrected chi connectivity index (χ0v) is 15.4. The zero-order chi connectivity index (χ0) is 18.1. The molecule has 0 atom stereocenters. The number of aromatic nitrogens is 3. The van der Waals surface area contributed by atoms with Crippen molar-refractivity contribution in [3.63, 3.8) is 0 Å². The number of benzene rings is 2. The van der Waals surface area contributed by atoms with E-state index in [1.54, 1.807) is 30.1 Å². The summed E-state index contributed by atoms with van der Waals surface area (Å²) in [5.41, 5.74) is 6.40. The van der Waals surface area contributed by atoms with Gasteiger partial charge in [0.05, 0.1) is 11.2 Å². The molecule has 0 unspecified atom stereocenters. The van der Waals surface area contributed by atoms with E-state index in [0.29, 0.717) is 5.75 Å². The highest BCUT2D eigenvalue weighted by atomic mass is 32.2. The van der Waals surface area contributed by atoms with Crippen molar-refractivity contribution in [2.24, 2.45) is 0 Å². The van der Waals surface area contributed by atoms with Crippen molar-refractivity contribution in [1.29, 1.82) is 0 Å². The molecule has 130 valence electrons. The monoisotopic (exact) mass is 363 g/mol. The second-order valence-corrected chi connectivity index (χ2v) is 7.29. The third-order valence-electron chi connectivity index (χ3n) is 4.28. The van der Waals surface area contributed by atoms with Crippen molar-refractivity contribution in [1.82, 2.24) is 14.6 Å². The highest BCUT2D eigenvalue weighted by molar-refractivity contribution is 7.98. The molecule has 5 heteroatoms. The number of rotatable bonds is 4. The van der Waals surface area contributed by atoms with Crippen LogP contribution in [0.3, 0.4) is 0 Å². The molecule has 4 aromatic rings. The molecular weight excluding hydrogens is 345 g/mol. The van der Waals surface area contributed by atoms with Crippen LogP contribution in [0.5, 0.6) is 0 Å². The molecule has 2 aromatic heterocycles. The third kappa shape index (κ3) is 3.35. The summed E-state index contributed by atoms with van der Waals surface area (Å²) in [6, 6.07) is 15.1. The van der Waals surface area contributed by atoms with Crippen molar-refractivity contribution in [2.45, 2.75) is 24.6 Å². The number of hydrogen-bond acceptors (Lipinski definition) is 3. The highest BCUT2D eigenvalue weighted by Crippen LogP contribution is 2.29. The second-order valence-electron chi connectivity index (χ2n) is 6.33. The smallest absolute Gasteiger partial charge is 0.123 e. The SMILES string of the molecule is Cc1ccc(-c2cc3c(SCc4cccc(F)c4)nccn3n2)c(C)c1. The molecule has 0 radical (unpaired) electrons. The number of aryl methyl sites for hydroxylation is 2. The van der Waals surface area contributed by atoms with Crippen LogP contribution in [0.1, 0.15) is 16.7 Å². The van der Waals surface area contributed by atoms with Crippen molar-refractivity contribution >= 4 is 17.3 Å². The van der Waals surface area contributed by atoms with E-state index in [0.717, 1.165) is 27.4 Å². The van der Waals surface area contributed by atoms with Gasteiger partial charge >= 0.3 is 0 Å². The number of halogens is 1. The van der Waals surface area contributed by atoms with E-state index < -0.39 is 0 Å². The molecule has 0 aliphatic carbocycles. The van der Waals surface area contributed by atoms with E-state index in [1.165, 1.54) is 17.2 Å². The number of nitrogens with zero attached hydrogens (tertiary/aromatic N) is 3. The van der Waals surface area contributed by atoms with E-state index >= 15 is 0 Å². The Kier molecular flexibility index (Phi) is 4.47. The fraction of sp³-hybridized carbons (Fsp3) is 0.143. The Morgan fingerprint density at radius 2 is 1.96 bits per heavy atom. The van der Waals surface area contributed by atoms with Gasteiger partial charge in [-0.05, 0) is 43.2 Å². The predicted molar refractivity (Wildman–Crippen MR) is 104 cm³/mol. The Labute approximate surface area is 155 Å². The summed E-state index contributed by atoms with van der Waals surface area (Å²) in [7, 11) is 0. The summed E-state index contributed by atoms with van der Waals surface area (Å²) < 4.78 is 15.2. The largest absolute Gasteiger partial charge is 0.246 e. The third-order valence-corrected chi connectivity index (χ3v) is 5.34. The Hall–Kier alpha value is -2.66. The van der Waals surface area contributed by atoms with Crippen molar-refractivity contribution in [2.75, 3.05) is 0 Å². The van der Waals surface area contributed by atoms with E-state index in [-0.39, 0.29) is 5.82 Å². The number of hydrogen-bond donors (Lipinski definition) is 0. The van der Waals surface area contributed by atoms with Crippen LogP contribution in [-0.2, 0) is 5.75 Å². The molecule has 0 fully saturated rings. The van der Waals surface area contributed by atoms with Crippen LogP contribution in [0.15, 0.2) is 66.0 Å². The molecule has 0 amide bonds. The molecule has 26 heavy (non-hydrogen) atoms. The lowest BCUT2D eigenvalue weighted by Gasteiger charge is -2.03. The number of fused-ring (bicyclic) bond motifs is 1. The van der Waals surface area contributed by atoms with Crippen LogP contribution in [-0.4, -0.2) is 14.6 Å². The topological polar surface area (TPSA) is 30.2 Å². The molecule has 3 nitrogen and oxygen atoms in total. The van der Waals surface area contributed by atoms with E-state index in [4.69, 9.17) is 5.10 Å². The van der Waals surface area contributed by atoms with Gasteiger partial charge in [-0.1, -0.05) is 47.7 Å². The van der Waals surface area contributed by atoms with Gasteiger partial charge in [0, 0.05) is 23.7 Å². The lowest BCUT2D eigenvalue weighted by Crippen LogP contribution is -1.92. The van der Waals surface area contributed by atoms with Gasteiger partial charge < -0.3 is 0 Å². The maximum atomic E-state index is 13.4. The van der Waals surface area contributed by atoms with Crippen LogP contribution < -0.4 is 0 Å². The van der Waals surface area contributed by atoms with Gasteiger partial charge in [0.1, 0.15) is 10.8 Å². The van der Waals surface area contributed by atoms with Gasteiger partial charge in [0.2, 0.25) is 0 Å². The molecule has 0 N–H and O–H groups in total. The number of thioether (sulfide) groups is 1. The lowest BCUT2D eigenvalue weighted by molar-refractivity contribution is 0.626. The van der Waals surface area contributed by atoms with Gasteiger partial charge in [-0.3, -0.25) is 0 Å². The Balaban J connectivity index is 1.67. The molecule has 2 heterocycles. The molecule has 0 spiro atoms. The first-order valence-electron chi connectivity index (χ1n) is 8.39. The molecule has 0 saturated heterocycles. The first-order valence-corrected chi connectivity index (χ1v) is 9.38. The predicted octanol–water partition coefficient (Wildman–Crippen LogP) is 5.44. The fourth-order valence-corrected chi connectivity index (χ4v) is 3.94. The minimum absolute atomic E-state index is 0.212. The highest BCUT2D eigenvalue weighted by Gasteiger charge is 2.11. The minimum atomic E-state index is -0.212. The molecule has 4 rings (SSSR count). The summed E-state index contributed by atoms with van der Waals surface area (Å²) in [6.07, 6.45) is 3.61. The summed E-state index contributed by atoms with van der Waals surface area (Å²) in [5, 5.41) is 5.60. The van der Waals surface area contributed by atoms with Gasteiger partial charge in [0.25, 0.3) is 0 Å². The lowest BCUT2D eigenvalue weighted by atomic mass is 10.0. The van der Waals surface area contributed by atoms with Gasteiger partial charge in [-0.15, -0.1) is 0 Å². The maximum absolute atomic E-state index is 13.4. The van der Waals surface area contributed by atoms with E-state index in [1.807, 2.05) is 16.8 Å². The average Bonchev–Trinajstić information content (AvgIpc) is 3.04. The molecular formula is C21H18FN3S. The maximum Gasteiger partial charge on any atom is 0.123 e. The summed E-state index contributed by atoms with van der Waals surface area (Å²) in [6.45, 7) is 4.19. The van der Waals surface area contributed by atoms with Crippen LogP contribution in [0.25, 0.3) is 16.8 Å². The summed E-state index contributed by atoms with van der Waals surface area (Å²) in [4.78, 5) is 4.50. The molecule has 2 aromatic carbocycles. The van der Waals surface area contributed by atoms with Crippen LogP contribution >= 0.6 is 11.8 Å². The Bertz CT molecular complexity index is 1090.